The standard InChI is InChI=1S/C19H21N5OS/c1-3-25-16-8-4-6-14(10-16)23-18-12-19(22-13-21-18)24-15-7-5-9-17(11-15)26-20-2/h4-13,20H,3H2,1-2H3,(H2,21,22,23,24). The van der Waals surface area contributed by atoms with Crippen molar-refractivity contribution in [3.8, 4) is 5.75 Å². The van der Waals surface area contributed by atoms with Gasteiger partial charge in [-0.2, -0.15) is 0 Å². The maximum Gasteiger partial charge on any atom is 0.135 e. The number of benzene rings is 2. The van der Waals surface area contributed by atoms with Crippen molar-refractivity contribution in [2.45, 2.75) is 11.8 Å². The topological polar surface area (TPSA) is 71.1 Å². The lowest BCUT2D eigenvalue weighted by Crippen LogP contribution is -1.99. The van der Waals surface area contributed by atoms with Gasteiger partial charge >= 0.3 is 0 Å². The molecule has 1 aromatic heterocycles. The number of nitrogens with one attached hydrogen (secondary N) is 3. The van der Waals surface area contributed by atoms with Crippen LogP contribution in [0.15, 0.2) is 65.8 Å². The first-order valence-electron chi connectivity index (χ1n) is 8.29. The number of anilines is 4. The number of ether oxygens (including phenoxy) is 1. The van der Waals surface area contributed by atoms with Crippen LogP contribution in [0.5, 0.6) is 5.75 Å². The zero-order chi connectivity index (χ0) is 18.2. The largest absolute Gasteiger partial charge is 0.494 e. The lowest BCUT2D eigenvalue weighted by Gasteiger charge is -2.10. The number of hydrogen-bond donors (Lipinski definition) is 3. The zero-order valence-electron chi connectivity index (χ0n) is 14.7. The molecule has 0 atom stereocenters. The molecule has 0 unspecified atom stereocenters. The number of hydrogen-bond acceptors (Lipinski definition) is 7. The van der Waals surface area contributed by atoms with Gasteiger partial charge in [-0.15, -0.1) is 0 Å². The first-order valence-corrected chi connectivity index (χ1v) is 9.11. The second-order valence-electron chi connectivity index (χ2n) is 5.33. The van der Waals surface area contributed by atoms with Gasteiger partial charge in [-0.25, -0.2) is 9.97 Å². The van der Waals surface area contributed by atoms with Gasteiger partial charge < -0.3 is 15.4 Å². The van der Waals surface area contributed by atoms with E-state index in [1.807, 2.05) is 62.5 Å². The van der Waals surface area contributed by atoms with E-state index in [-0.39, 0.29) is 0 Å². The summed E-state index contributed by atoms with van der Waals surface area (Å²) in [5, 5.41) is 6.58. The van der Waals surface area contributed by atoms with Gasteiger partial charge in [0.15, 0.2) is 0 Å². The van der Waals surface area contributed by atoms with Gasteiger partial charge in [0.25, 0.3) is 0 Å². The zero-order valence-corrected chi connectivity index (χ0v) is 15.5. The number of rotatable bonds is 8. The molecule has 0 aliphatic carbocycles. The quantitative estimate of drug-likeness (QED) is 0.503. The summed E-state index contributed by atoms with van der Waals surface area (Å²) in [6.45, 7) is 2.60. The van der Waals surface area contributed by atoms with Crippen molar-refractivity contribution in [3.63, 3.8) is 0 Å². The minimum atomic E-state index is 0.635. The van der Waals surface area contributed by atoms with E-state index < -0.39 is 0 Å². The van der Waals surface area contributed by atoms with Crippen LogP contribution in [0.25, 0.3) is 0 Å². The molecule has 3 aromatic rings. The molecular formula is C19H21N5OS. The van der Waals surface area contributed by atoms with E-state index in [4.69, 9.17) is 4.74 Å². The van der Waals surface area contributed by atoms with Gasteiger partial charge in [0, 0.05) is 28.4 Å². The van der Waals surface area contributed by atoms with E-state index in [0.29, 0.717) is 12.4 Å². The van der Waals surface area contributed by atoms with Crippen LogP contribution < -0.4 is 20.1 Å². The first kappa shape index (κ1) is 18.0. The normalized spacial score (nSPS) is 10.4. The minimum absolute atomic E-state index is 0.635. The Hall–Kier alpha value is -2.77. The maximum atomic E-state index is 5.53. The molecular weight excluding hydrogens is 346 g/mol. The molecule has 0 radical (unpaired) electrons. The lowest BCUT2D eigenvalue weighted by atomic mass is 10.3. The van der Waals surface area contributed by atoms with Crippen LogP contribution >= 0.6 is 11.9 Å². The Bertz CT molecular complexity index is 792. The Labute approximate surface area is 157 Å². The lowest BCUT2D eigenvalue weighted by molar-refractivity contribution is 0.340. The molecule has 6 nitrogen and oxygen atoms in total. The van der Waals surface area contributed by atoms with Crippen molar-refractivity contribution >= 4 is 35.0 Å². The molecule has 0 aliphatic heterocycles. The van der Waals surface area contributed by atoms with Crippen LogP contribution in [0.3, 0.4) is 0 Å². The van der Waals surface area contributed by atoms with Gasteiger partial charge in [0.1, 0.15) is 23.7 Å². The average molecular weight is 367 g/mol. The SMILES string of the molecule is CCOc1cccc(Nc2cc(Nc3cccc(SNC)c3)ncn2)c1. The molecule has 0 fully saturated rings. The molecule has 0 saturated heterocycles. The molecule has 2 aromatic carbocycles. The third-order valence-corrected chi connectivity index (χ3v) is 4.10. The fraction of sp³-hybridized carbons (Fsp3) is 0.158. The van der Waals surface area contributed by atoms with Crippen molar-refractivity contribution < 1.29 is 4.74 Å². The van der Waals surface area contributed by atoms with Crippen molar-refractivity contribution in [1.29, 1.82) is 0 Å². The van der Waals surface area contributed by atoms with E-state index >= 15 is 0 Å². The molecule has 3 rings (SSSR count). The highest BCUT2D eigenvalue weighted by Gasteiger charge is 2.03. The summed E-state index contributed by atoms with van der Waals surface area (Å²) in [5.41, 5.74) is 1.88. The highest BCUT2D eigenvalue weighted by molar-refractivity contribution is 7.97. The first-order chi connectivity index (χ1) is 12.8. The van der Waals surface area contributed by atoms with Gasteiger partial charge in [-0.1, -0.05) is 12.1 Å². The summed E-state index contributed by atoms with van der Waals surface area (Å²) in [6.07, 6.45) is 1.53. The van der Waals surface area contributed by atoms with Crippen LogP contribution in [-0.4, -0.2) is 23.6 Å². The Morgan fingerprint density at radius 1 is 0.923 bits per heavy atom. The van der Waals surface area contributed by atoms with Gasteiger partial charge in [0.05, 0.1) is 6.61 Å². The van der Waals surface area contributed by atoms with Crippen molar-refractivity contribution in [1.82, 2.24) is 14.7 Å². The molecule has 7 heteroatoms. The smallest absolute Gasteiger partial charge is 0.135 e. The molecule has 1 heterocycles. The van der Waals surface area contributed by atoms with Crippen LogP contribution in [0.1, 0.15) is 6.92 Å². The Balaban J connectivity index is 1.72. The van der Waals surface area contributed by atoms with E-state index in [2.05, 4.69) is 31.4 Å². The molecule has 0 aliphatic rings. The van der Waals surface area contributed by atoms with E-state index in [9.17, 15) is 0 Å². The Morgan fingerprint density at radius 3 is 2.31 bits per heavy atom. The number of nitrogens with zero attached hydrogens (tertiary/aromatic N) is 2. The summed E-state index contributed by atoms with van der Waals surface area (Å²) in [5.74, 6) is 2.25. The molecule has 0 saturated carbocycles. The predicted octanol–water partition coefficient (Wildman–Crippen LogP) is 4.59. The minimum Gasteiger partial charge on any atom is -0.494 e. The number of aromatic nitrogens is 2. The van der Waals surface area contributed by atoms with Crippen LogP contribution in [0, 0.1) is 0 Å². The summed E-state index contributed by atoms with van der Waals surface area (Å²) in [4.78, 5) is 9.69. The third-order valence-electron chi connectivity index (χ3n) is 3.41. The summed E-state index contributed by atoms with van der Waals surface area (Å²) in [6, 6.07) is 17.8. The van der Waals surface area contributed by atoms with Crippen molar-refractivity contribution in [2.24, 2.45) is 0 Å². The summed E-state index contributed by atoms with van der Waals surface area (Å²) >= 11 is 1.56. The average Bonchev–Trinajstić information content (AvgIpc) is 2.63. The molecule has 26 heavy (non-hydrogen) atoms. The molecule has 134 valence electrons. The second-order valence-corrected chi connectivity index (χ2v) is 6.42. The fourth-order valence-electron chi connectivity index (χ4n) is 2.38. The van der Waals surface area contributed by atoms with E-state index in [1.165, 1.54) is 6.33 Å². The highest BCUT2D eigenvalue weighted by atomic mass is 32.2. The van der Waals surface area contributed by atoms with E-state index in [1.54, 1.807) is 11.9 Å². The monoisotopic (exact) mass is 367 g/mol. The molecule has 3 N–H and O–H groups in total. The summed E-state index contributed by atoms with van der Waals surface area (Å²) < 4.78 is 8.59. The Kier molecular flexibility index (Phi) is 6.29. The van der Waals surface area contributed by atoms with Crippen LogP contribution in [0.2, 0.25) is 0 Å². The third kappa shape index (κ3) is 5.11. The van der Waals surface area contributed by atoms with E-state index in [0.717, 1.165) is 27.8 Å². The maximum absolute atomic E-state index is 5.53. The fourth-order valence-corrected chi connectivity index (χ4v) is 2.94. The van der Waals surface area contributed by atoms with Crippen LogP contribution in [0.4, 0.5) is 23.0 Å². The highest BCUT2D eigenvalue weighted by Crippen LogP contribution is 2.24. The second kappa shape index (κ2) is 9.07. The van der Waals surface area contributed by atoms with Crippen molar-refractivity contribution in [3.05, 3.63) is 60.9 Å². The van der Waals surface area contributed by atoms with Crippen molar-refractivity contribution in [2.75, 3.05) is 24.3 Å². The summed E-state index contributed by atoms with van der Waals surface area (Å²) in [7, 11) is 1.90. The Morgan fingerprint density at radius 2 is 1.62 bits per heavy atom. The molecule has 0 spiro atoms. The van der Waals surface area contributed by atoms with Gasteiger partial charge in [-0.3, -0.25) is 4.72 Å². The molecule has 0 amide bonds. The molecule has 0 bridgehead atoms. The predicted molar refractivity (Wildman–Crippen MR) is 108 cm³/mol. The van der Waals surface area contributed by atoms with Gasteiger partial charge in [-0.05, 0) is 56.3 Å². The van der Waals surface area contributed by atoms with Gasteiger partial charge in [0.2, 0.25) is 0 Å². The van der Waals surface area contributed by atoms with Crippen LogP contribution in [-0.2, 0) is 0 Å².